The van der Waals surface area contributed by atoms with Gasteiger partial charge in [0.2, 0.25) is 5.75 Å². The third-order valence-corrected chi connectivity index (χ3v) is 4.07. The Balaban J connectivity index is 2.14. The number of carbonyl (C=O) groups excluding carboxylic acids is 1. The van der Waals surface area contributed by atoms with E-state index in [0.29, 0.717) is 27.8 Å². The van der Waals surface area contributed by atoms with Gasteiger partial charge in [-0.15, -0.1) is 0 Å². The molecule has 0 aromatic heterocycles. The van der Waals surface area contributed by atoms with Crippen molar-refractivity contribution in [1.29, 1.82) is 0 Å². The highest BCUT2D eigenvalue weighted by molar-refractivity contribution is 6.31. The number of halogens is 1. The molecule has 1 atom stereocenters. The second-order valence-electron chi connectivity index (χ2n) is 5.36. The molecule has 0 saturated carbocycles. The maximum Gasteiger partial charge on any atom is 0.310 e. The second kappa shape index (κ2) is 8.62. The summed E-state index contributed by atoms with van der Waals surface area (Å²) in [7, 11) is 4.58. The fraction of sp³-hybridized carbons (Fsp3) is 0.316. The van der Waals surface area contributed by atoms with Crippen LogP contribution in [0.2, 0.25) is 5.02 Å². The van der Waals surface area contributed by atoms with Crippen molar-refractivity contribution in [3.8, 4) is 17.2 Å². The summed E-state index contributed by atoms with van der Waals surface area (Å²) in [6.07, 6.45) is -0.367. The molecule has 0 unspecified atom stereocenters. The molecule has 0 saturated heterocycles. The van der Waals surface area contributed by atoms with Gasteiger partial charge < -0.3 is 18.9 Å². The SMILES string of the molecule is COc1cc(CC(=O)O[C@@H](C)c2ccccc2Cl)cc(OC)c1OC. The fourth-order valence-electron chi connectivity index (χ4n) is 2.51. The number of rotatable bonds is 7. The lowest BCUT2D eigenvalue weighted by Gasteiger charge is -2.16. The summed E-state index contributed by atoms with van der Waals surface area (Å²) in [5, 5.41) is 0.565. The number of hydrogen-bond donors (Lipinski definition) is 0. The summed E-state index contributed by atoms with van der Waals surface area (Å²) >= 11 is 6.14. The molecule has 0 aliphatic carbocycles. The first-order chi connectivity index (χ1) is 12.0. The molecule has 0 aliphatic heterocycles. The summed E-state index contributed by atoms with van der Waals surface area (Å²) in [6.45, 7) is 1.79. The molecule has 0 bridgehead atoms. The van der Waals surface area contributed by atoms with Crippen molar-refractivity contribution < 1.29 is 23.7 Å². The highest BCUT2D eigenvalue weighted by Gasteiger charge is 2.18. The number of benzene rings is 2. The van der Waals surface area contributed by atoms with E-state index in [1.165, 1.54) is 21.3 Å². The molecule has 0 fully saturated rings. The molecular formula is C19H21ClO5. The van der Waals surface area contributed by atoms with Crippen molar-refractivity contribution in [1.82, 2.24) is 0 Å². The molecule has 134 valence electrons. The summed E-state index contributed by atoms with van der Waals surface area (Å²) < 4.78 is 21.3. The number of carbonyl (C=O) groups is 1. The van der Waals surface area contributed by atoms with Crippen LogP contribution in [0.3, 0.4) is 0 Å². The molecule has 0 heterocycles. The van der Waals surface area contributed by atoms with Crippen molar-refractivity contribution in [3.05, 3.63) is 52.5 Å². The number of hydrogen-bond acceptors (Lipinski definition) is 5. The van der Waals surface area contributed by atoms with E-state index in [1.54, 1.807) is 25.1 Å². The summed E-state index contributed by atoms with van der Waals surface area (Å²) in [5.41, 5.74) is 1.47. The van der Waals surface area contributed by atoms with Crippen LogP contribution in [0.4, 0.5) is 0 Å². The van der Waals surface area contributed by atoms with E-state index in [2.05, 4.69) is 0 Å². The monoisotopic (exact) mass is 364 g/mol. The van der Waals surface area contributed by atoms with Crippen LogP contribution in [0.5, 0.6) is 17.2 Å². The van der Waals surface area contributed by atoms with Crippen LogP contribution in [0.1, 0.15) is 24.2 Å². The molecule has 0 amide bonds. The Morgan fingerprint density at radius 3 is 2.16 bits per heavy atom. The zero-order chi connectivity index (χ0) is 18.4. The molecule has 25 heavy (non-hydrogen) atoms. The molecular weight excluding hydrogens is 344 g/mol. The second-order valence-corrected chi connectivity index (χ2v) is 5.77. The first-order valence-electron chi connectivity index (χ1n) is 7.73. The molecule has 0 radical (unpaired) electrons. The average Bonchev–Trinajstić information content (AvgIpc) is 2.60. The van der Waals surface area contributed by atoms with E-state index in [-0.39, 0.29) is 12.4 Å². The minimum absolute atomic E-state index is 0.0749. The van der Waals surface area contributed by atoms with Crippen LogP contribution in [0, 0.1) is 0 Å². The Bertz CT molecular complexity index is 719. The van der Waals surface area contributed by atoms with E-state index in [1.807, 2.05) is 18.2 Å². The highest BCUT2D eigenvalue weighted by atomic mass is 35.5. The first-order valence-corrected chi connectivity index (χ1v) is 8.10. The van der Waals surface area contributed by atoms with E-state index in [9.17, 15) is 4.79 Å². The van der Waals surface area contributed by atoms with E-state index < -0.39 is 6.10 Å². The molecule has 0 N–H and O–H groups in total. The fourth-order valence-corrected chi connectivity index (χ4v) is 2.80. The Kier molecular flexibility index (Phi) is 6.53. The van der Waals surface area contributed by atoms with Gasteiger partial charge in [0.25, 0.3) is 0 Å². The average molecular weight is 365 g/mol. The third-order valence-electron chi connectivity index (χ3n) is 3.72. The van der Waals surface area contributed by atoms with E-state index >= 15 is 0 Å². The Morgan fingerprint density at radius 2 is 1.64 bits per heavy atom. The quantitative estimate of drug-likeness (QED) is 0.689. The third kappa shape index (κ3) is 4.57. The van der Waals surface area contributed by atoms with Crippen LogP contribution < -0.4 is 14.2 Å². The van der Waals surface area contributed by atoms with E-state index in [0.717, 1.165) is 5.56 Å². The van der Waals surface area contributed by atoms with Gasteiger partial charge >= 0.3 is 5.97 Å². The van der Waals surface area contributed by atoms with Gasteiger partial charge in [-0.1, -0.05) is 29.8 Å². The molecule has 2 rings (SSSR count). The van der Waals surface area contributed by atoms with Crippen molar-refractivity contribution in [2.45, 2.75) is 19.4 Å². The first kappa shape index (κ1) is 18.9. The van der Waals surface area contributed by atoms with Gasteiger partial charge in [-0.25, -0.2) is 0 Å². The smallest absolute Gasteiger partial charge is 0.310 e. The van der Waals surface area contributed by atoms with Gasteiger partial charge in [-0.3, -0.25) is 4.79 Å². The number of ether oxygens (including phenoxy) is 4. The Morgan fingerprint density at radius 1 is 1.04 bits per heavy atom. The molecule has 5 nitrogen and oxygen atoms in total. The maximum atomic E-state index is 12.3. The van der Waals surface area contributed by atoms with Crippen LogP contribution >= 0.6 is 11.6 Å². The van der Waals surface area contributed by atoms with Crippen molar-refractivity contribution in [2.24, 2.45) is 0 Å². The van der Waals surface area contributed by atoms with Gasteiger partial charge in [0.05, 0.1) is 27.8 Å². The zero-order valence-electron chi connectivity index (χ0n) is 14.7. The lowest BCUT2D eigenvalue weighted by molar-refractivity contribution is -0.147. The molecule has 6 heteroatoms. The largest absolute Gasteiger partial charge is 0.493 e. The lowest BCUT2D eigenvalue weighted by atomic mass is 10.1. The normalized spacial score (nSPS) is 11.6. The summed E-state index contributed by atoms with van der Waals surface area (Å²) in [5.74, 6) is 1.08. The van der Waals surface area contributed by atoms with Gasteiger partial charge in [0, 0.05) is 10.6 Å². The zero-order valence-corrected chi connectivity index (χ0v) is 15.4. The Hall–Kier alpha value is -2.40. The van der Waals surface area contributed by atoms with Gasteiger partial charge in [-0.05, 0) is 30.7 Å². The molecule has 0 spiro atoms. The molecule has 0 aliphatic rings. The topological polar surface area (TPSA) is 54.0 Å². The number of methoxy groups -OCH3 is 3. The van der Waals surface area contributed by atoms with Gasteiger partial charge in [0.1, 0.15) is 6.10 Å². The van der Waals surface area contributed by atoms with Crippen LogP contribution in [-0.4, -0.2) is 27.3 Å². The van der Waals surface area contributed by atoms with Crippen molar-refractivity contribution in [3.63, 3.8) is 0 Å². The highest BCUT2D eigenvalue weighted by Crippen LogP contribution is 2.38. The summed E-state index contributed by atoms with van der Waals surface area (Å²) in [4.78, 5) is 12.3. The maximum absolute atomic E-state index is 12.3. The van der Waals surface area contributed by atoms with E-state index in [4.69, 9.17) is 30.5 Å². The minimum atomic E-state index is -0.441. The summed E-state index contributed by atoms with van der Waals surface area (Å²) in [6, 6.07) is 10.7. The van der Waals surface area contributed by atoms with Crippen LogP contribution in [-0.2, 0) is 16.0 Å². The molecule has 2 aromatic rings. The van der Waals surface area contributed by atoms with Crippen LogP contribution in [0.25, 0.3) is 0 Å². The predicted octanol–water partition coefficient (Wildman–Crippen LogP) is 4.21. The number of esters is 1. The van der Waals surface area contributed by atoms with Crippen molar-refractivity contribution >= 4 is 17.6 Å². The van der Waals surface area contributed by atoms with Crippen molar-refractivity contribution in [2.75, 3.05) is 21.3 Å². The standard InChI is InChI=1S/C19H21ClO5/c1-12(14-7-5-6-8-15(14)20)25-18(21)11-13-9-16(22-2)19(24-4)17(10-13)23-3/h5-10,12H,11H2,1-4H3/t12-/m0/s1. The Labute approximate surface area is 152 Å². The van der Waals surface area contributed by atoms with Crippen LogP contribution in [0.15, 0.2) is 36.4 Å². The minimum Gasteiger partial charge on any atom is -0.493 e. The van der Waals surface area contributed by atoms with Gasteiger partial charge in [-0.2, -0.15) is 0 Å². The predicted molar refractivity (Wildman–Crippen MR) is 95.8 cm³/mol. The molecule has 2 aromatic carbocycles. The van der Waals surface area contributed by atoms with Gasteiger partial charge in [0.15, 0.2) is 11.5 Å². The lowest BCUT2D eigenvalue weighted by Crippen LogP contribution is -2.12.